The molecule has 1 fully saturated rings. The van der Waals surface area contributed by atoms with Gasteiger partial charge in [-0.3, -0.25) is 0 Å². The molecule has 20 heavy (non-hydrogen) atoms. The summed E-state index contributed by atoms with van der Waals surface area (Å²) in [7, 11) is 0. The van der Waals surface area contributed by atoms with E-state index in [0.717, 1.165) is 18.7 Å². The van der Waals surface area contributed by atoms with Crippen LogP contribution in [0.3, 0.4) is 0 Å². The SMILES string of the molecule is CCC1CCCCC1Oc1cc(N)nc(C(C)(C)C)n1. The molecule has 2 atom stereocenters. The maximum absolute atomic E-state index is 6.14. The molecule has 1 aliphatic rings. The lowest BCUT2D eigenvalue weighted by Crippen LogP contribution is -2.30. The number of ether oxygens (including phenoxy) is 1. The molecular weight excluding hydrogens is 250 g/mol. The molecule has 4 heteroatoms. The number of anilines is 1. The van der Waals surface area contributed by atoms with Crippen molar-refractivity contribution in [3.05, 3.63) is 11.9 Å². The van der Waals surface area contributed by atoms with Crippen molar-refractivity contribution < 1.29 is 4.74 Å². The second-order valence-corrected chi connectivity index (χ2v) is 6.81. The van der Waals surface area contributed by atoms with Crippen LogP contribution in [0.25, 0.3) is 0 Å². The first-order chi connectivity index (χ1) is 9.40. The van der Waals surface area contributed by atoms with E-state index < -0.39 is 0 Å². The molecule has 0 aliphatic heterocycles. The lowest BCUT2D eigenvalue weighted by molar-refractivity contribution is 0.0853. The highest BCUT2D eigenvalue weighted by molar-refractivity contribution is 5.34. The van der Waals surface area contributed by atoms with Gasteiger partial charge in [0.1, 0.15) is 17.7 Å². The number of hydrogen-bond donors (Lipinski definition) is 1. The number of nitrogen functional groups attached to an aromatic ring is 1. The van der Waals surface area contributed by atoms with Crippen LogP contribution in [0, 0.1) is 5.92 Å². The van der Waals surface area contributed by atoms with Crippen LogP contribution in [-0.4, -0.2) is 16.1 Å². The van der Waals surface area contributed by atoms with E-state index in [4.69, 9.17) is 10.5 Å². The van der Waals surface area contributed by atoms with Gasteiger partial charge >= 0.3 is 0 Å². The summed E-state index contributed by atoms with van der Waals surface area (Å²) in [4.78, 5) is 8.88. The Morgan fingerprint density at radius 1 is 1.25 bits per heavy atom. The van der Waals surface area contributed by atoms with Gasteiger partial charge in [0.05, 0.1) is 0 Å². The first-order valence-corrected chi connectivity index (χ1v) is 7.72. The molecule has 0 aromatic carbocycles. The Hall–Kier alpha value is -1.32. The quantitative estimate of drug-likeness (QED) is 0.915. The Kier molecular flexibility index (Phi) is 4.51. The van der Waals surface area contributed by atoms with Gasteiger partial charge < -0.3 is 10.5 Å². The third kappa shape index (κ3) is 3.62. The van der Waals surface area contributed by atoms with Gasteiger partial charge in [-0.2, -0.15) is 4.98 Å². The van der Waals surface area contributed by atoms with Gasteiger partial charge in [0.15, 0.2) is 0 Å². The third-order valence-electron chi connectivity index (χ3n) is 4.03. The van der Waals surface area contributed by atoms with Crippen molar-refractivity contribution in [1.29, 1.82) is 0 Å². The molecule has 0 saturated heterocycles. The van der Waals surface area contributed by atoms with Crippen LogP contribution >= 0.6 is 0 Å². The molecule has 1 saturated carbocycles. The summed E-state index contributed by atoms with van der Waals surface area (Å²) in [6.07, 6.45) is 6.38. The second kappa shape index (κ2) is 5.98. The zero-order chi connectivity index (χ0) is 14.8. The van der Waals surface area contributed by atoms with E-state index >= 15 is 0 Å². The van der Waals surface area contributed by atoms with E-state index in [1.54, 1.807) is 6.07 Å². The maximum atomic E-state index is 6.14. The highest BCUT2D eigenvalue weighted by atomic mass is 16.5. The van der Waals surface area contributed by atoms with Crippen molar-refractivity contribution in [3.8, 4) is 5.88 Å². The summed E-state index contributed by atoms with van der Waals surface area (Å²) >= 11 is 0. The lowest BCUT2D eigenvalue weighted by Gasteiger charge is -2.31. The average Bonchev–Trinajstić information content (AvgIpc) is 2.37. The minimum Gasteiger partial charge on any atom is -0.474 e. The smallest absolute Gasteiger partial charge is 0.219 e. The summed E-state index contributed by atoms with van der Waals surface area (Å²) in [5.41, 5.74) is 5.78. The molecular formula is C16H27N3O. The third-order valence-corrected chi connectivity index (χ3v) is 4.03. The molecule has 2 unspecified atom stereocenters. The number of hydrogen-bond acceptors (Lipinski definition) is 4. The van der Waals surface area contributed by atoms with E-state index in [9.17, 15) is 0 Å². The molecule has 4 nitrogen and oxygen atoms in total. The predicted molar refractivity (Wildman–Crippen MR) is 81.8 cm³/mol. The molecule has 2 rings (SSSR count). The highest BCUT2D eigenvalue weighted by Gasteiger charge is 2.26. The van der Waals surface area contributed by atoms with E-state index in [0.29, 0.717) is 17.6 Å². The van der Waals surface area contributed by atoms with Gasteiger partial charge in [-0.1, -0.05) is 34.1 Å². The zero-order valence-corrected chi connectivity index (χ0v) is 13.1. The molecule has 0 amide bonds. The molecule has 1 heterocycles. The Labute approximate surface area is 122 Å². The van der Waals surface area contributed by atoms with Crippen LogP contribution in [0.2, 0.25) is 0 Å². The summed E-state index contributed by atoms with van der Waals surface area (Å²) in [5.74, 6) is 2.51. The van der Waals surface area contributed by atoms with Gasteiger partial charge in [-0.05, 0) is 31.6 Å². The maximum Gasteiger partial charge on any atom is 0.219 e. The largest absolute Gasteiger partial charge is 0.474 e. The fourth-order valence-electron chi connectivity index (χ4n) is 2.79. The monoisotopic (exact) mass is 277 g/mol. The van der Waals surface area contributed by atoms with Crippen molar-refractivity contribution >= 4 is 5.82 Å². The predicted octanol–water partition coefficient (Wildman–Crippen LogP) is 3.70. The van der Waals surface area contributed by atoms with Crippen LogP contribution in [0.5, 0.6) is 5.88 Å². The summed E-state index contributed by atoms with van der Waals surface area (Å²) in [6.45, 7) is 8.49. The number of rotatable bonds is 3. The normalized spacial score (nSPS) is 23.6. The Balaban J connectivity index is 2.18. The van der Waals surface area contributed by atoms with Crippen LogP contribution in [-0.2, 0) is 5.41 Å². The fourth-order valence-corrected chi connectivity index (χ4v) is 2.79. The van der Waals surface area contributed by atoms with Gasteiger partial charge in [0, 0.05) is 11.5 Å². The van der Waals surface area contributed by atoms with Gasteiger partial charge in [0.2, 0.25) is 5.88 Å². The lowest BCUT2D eigenvalue weighted by atomic mass is 9.85. The minimum absolute atomic E-state index is 0.121. The molecule has 2 N–H and O–H groups in total. The van der Waals surface area contributed by atoms with Crippen molar-refractivity contribution in [2.45, 2.75) is 71.3 Å². The first kappa shape index (κ1) is 15.1. The van der Waals surface area contributed by atoms with Gasteiger partial charge in [0.25, 0.3) is 0 Å². The molecule has 1 aromatic rings. The first-order valence-electron chi connectivity index (χ1n) is 7.72. The van der Waals surface area contributed by atoms with Crippen LogP contribution in [0.4, 0.5) is 5.82 Å². The van der Waals surface area contributed by atoms with E-state index in [1.165, 1.54) is 19.3 Å². The van der Waals surface area contributed by atoms with Crippen molar-refractivity contribution in [2.75, 3.05) is 5.73 Å². The topological polar surface area (TPSA) is 61.0 Å². The van der Waals surface area contributed by atoms with E-state index in [2.05, 4.69) is 37.7 Å². The molecule has 0 bridgehead atoms. The molecule has 1 aliphatic carbocycles. The van der Waals surface area contributed by atoms with Gasteiger partial charge in [-0.15, -0.1) is 0 Å². The molecule has 1 aromatic heterocycles. The van der Waals surface area contributed by atoms with E-state index in [-0.39, 0.29) is 11.5 Å². The summed E-state index contributed by atoms with van der Waals surface area (Å²) in [5, 5.41) is 0. The second-order valence-electron chi connectivity index (χ2n) is 6.81. The Morgan fingerprint density at radius 3 is 2.60 bits per heavy atom. The van der Waals surface area contributed by atoms with Gasteiger partial charge in [-0.25, -0.2) is 4.98 Å². The molecule has 0 spiro atoms. The van der Waals surface area contributed by atoms with Crippen molar-refractivity contribution in [2.24, 2.45) is 5.92 Å². The Bertz CT molecular complexity index is 454. The Morgan fingerprint density at radius 2 is 1.95 bits per heavy atom. The van der Waals surface area contributed by atoms with Crippen molar-refractivity contribution in [1.82, 2.24) is 9.97 Å². The average molecular weight is 277 g/mol. The number of nitrogens with two attached hydrogens (primary N) is 1. The fraction of sp³-hybridized carbons (Fsp3) is 0.750. The van der Waals surface area contributed by atoms with Crippen molar-refractivity contribution in [3.63, 3.8) is 0 Å². The van der Waals surface area contributed by atoms with Crippen LogP contribution in [0.15, 0.2) is 6.07 Å². The molecule has 0 radical (unpaired) electrons. The zero-order valence-electron chi connectivity index (χ0n) is 13.1. The summed E-state index contributed by atoms with van der Waals surface area (Å²) in [6, 6.07) is 1.75. The standard InChI is InChI=1S/C16H27N3O/c1-5-11-8-6-7-9-12(11)20-14-10-13(17)18-15(19-14)16(2,3)4/h10-12H,5-9H2,1-4H3,(H2,17,18,19). The summed E-state index contributed by atoms with van der Waals surface area (Å²) < 4.78 is 6.14. The van der Waals surface area contributed by atoms with Crippen LogP contribution < -0.4 is 10.5 Å². The minimum atomic E-state index is -0.121. The van der Waals surface area contributed by atoms with E-state index in [1.807, 2.05) is 0 Å². The molecule has 112 valence electrons. The number of aromatic nitrogens is 2. The number of nitrogens with zero attached hydrogens (tertiary/aromatic N) is 2. The van der Waals surface area contributed by atoms with Crippen LogP contribution in [0.1, 0.15) is 65.6 Å². The highest BCUT2D eigenvalue weighted by Crippen LogP contribution is 2.31.